The molecule has 0 aliphatic carbocycles. The number of benzene rings is 2. The second-order valence-corrected chi connectivity index (χ2v) is 6.65. The molecule has 1 heterocycles. The Morgan fingerprint density at radius 3 is 2.44 bits per heavy atom. The molecule has 1 aliphatic rings. The lowest BCUT2D eigenvalue weighted by Crippen LogP contribution is -2.40. The average molecular weight is 368 g/mol. The van der Waals surface area contributed by atoms with Crippen LogP contribution in [0.3, 0.4) is 0 Å². The Labute approximate surface area is 161 Å². The lowest BCUT2D eigenvalue weighted by molar-refractivity contribution is 0.0180. The number of nitrogens with one attached hydrogen (secondary N) is 1. The van der Waals surface area contributed by atoms with E-state index < -0.39 is 0 Å². The predicted molar refractivity (Wildman–Crippen MR) is 109 cm³/mol. The summed E-state index contributed by atoms with van der Waals surface area (Å²) in [5.41, 5.74) is 9.47. The van der Waals surface area contributed by atoms with Crippen LogP contribution in [0.2, 0.25) is 0 Å². The molecular formula is C21H28N4O2. The van der Waals surface area contributed by atoms with E-state index in [1.54, 1.807) is 7.11 Å². The minimum Gasteiger partial charge on any atom is -0.497 e. The Morgan fingerprint density at radius 2 is 1.81 bits per heavy atom. The number of ether oxygens (including phenoxy) is 2. The topological polar surface area (TPSA) is 72.1 Å². The average Bonchev–Trinajstić information content (AvgIpc) is 2.71. The van der Waals surface area contributed by atoms with Crippen molar-refractivity contribution in [3.05, 3.63) is 59.7 Å². The third-order valence-corrected chi connectivity index (χ3v) is 4.75. The van der Waals surface area contributed by atoms with Crippen molar-refractivity contribution in [2.45, 2.75) is 13.0 Å². The molecule has 27 heavy (non-hydrogen) atoms. The molecule has 3 N–H and O–H groups in total. The fourth-order valence-electron chi connectivity index (χ4n) is 3.16. The maximum atomic E-state index is 6.12. The molecule has 2 aromatic rings. The van der Waals surface area contributed by atoms with Crippen LogP contribution in [0.5, 0.6) is 5.75 Å². The van der Waals surface area contributed by atoms with Crippen molar-refractivity contribution < 1.29 is 9.47 Å². The van der Waals surface area contributed by atoms with Gasteiger partial charge in [-0.05, 0) is 36.8 Å². The van der Waals surface area contributed by atoms with Gasteiger partial charge in [-0.15, -0.1) is 0 Å². The molecule has 3 rings (SSSR count). The number of aliphatic imine (C=N–C) groups is 1. The zero-order valence-electron chi connectivity index (χ0n) is 16.0. The van der Waals surface area contributed by atoms with Crippen LogP contribution >= 0.6 is 0 Å². The van der Waals surface area contributed by atoms with E-state index in [2.05, 4.69) is 34.3 Å². The van der Waals surface area contributed by atoms with Crippen LogP contribution < -0.4 is 15.8 Å². The molecule has 1 atom stereocenters. The summed E-state index contributed by atoms with van der Waals surface area (Å²) in [6, 6.07) is 16.4. The van der Waals surface area contributed by atoms with Crippen LogP contribution in [0.4, 0.5) is 5.69 Å². The van der Waals surface area contributed by atoms with Crippen molar-refractivity contribution >= 4 is 11.6 Å². The van der Waals surface area contributed by atoms with E-state index in [4.69, 9.17) is 15.2 Å². The summed E-state index contributed by atoms with van der Waals surface area (Å²) in [7, 11) is 1.68. The van der Waals surface area contributed by atoms with Crippen LogP contribution in [-0.2, 0) is 4.74 Å². The van der Waals surface area contributed by atoms with E-state index in [1.165, 1.54) is 11.1 Å². The number of hydrogen-bond acceptors (Lipinski definition) is 4. The van der Waals surface area contributed by atoms with E-state index in [-0.39, 0.29) is 6.04 Å². The number of guanidine groups is 1. The van der Waals surface area contributed by atoms with Gasteiger partial charge in [-0.2, -0.15) is 0 Å². The SMILES string of the molecule is COc1ccc(C(CN=C(N)Nc2ccc(C)cc2)N2CCOCC2)cc1. The quantitative estimate of drug-likeness (QED) is 0.606. The summed E-state index contributed by atoms with van der Waals surface area (Å²) in [6.45, 7) is 5.90. The molecule has 2 aromatic carbocycles. The summed E-state index contributed by atoms with van der Waals surface area (Å²) in [5.74, 6) is 1.27. The maximum Gasteiger partial charge on any atom is 0.193 e. The van der Waals surface area contributed by atoms with Crippen molar-refractivity contribution in [2.75, 3.05) is 45.3 Å². The van der Waals surface area contributed by atoms with Gasteiger partial charge in [-0.1, -0.05) is 29.8 Å². The van der Waals surface area contributed by atoms with Gasteiger partial charge in [0.1, 0.15) is 5.75 Å². The summed E-state index contributed by atoms with van der Waals surface area (Å²) < 4.78 is 10.8. The van der Waals surface area contributed by atoms with Gasteiger partial charge in [0.05, 0.1) is 32.9 Å². The minimum atomic E-state index is 0.151. The molecule has 0 bridgehead atoms. The van der Waals surface area contributed by atoms with Gasteiger partial charge in [-0.3, -0.25) is 9.89 Å². The fraction of sp³-hybridized carbons (Fsp3) is 0.381. The standard InChI is InChI=1S/C21H28N4O2/c1-16-3-7-18(8-4-16)24-21(22)23-15-20(25-11-13-27-14-12-25)17-5-9-19(26-2)10-6-17/h3-10,20H,11-15H2,1-2H3,(H3,22,23,24). The Hall–Kier alpha value is -2.57. The first-order valence-electron chi connectivity index (χ1n) is 9.25. The Kier molecular flexibility index (Phi) is 6.68. The van der Waals surface area contributed by atoms with Gasteiger partial charge in [0.2, 0.25) is 0 Å². The van der Waals surface area contributed by atoms with E-state index >= 15 is 0 Å². The predicted octanol–water partition coefficient (Wildman–Crippen LogP) is 2.80. The van der Waals surface area contributed by atoms with Gasteiger partial charge in [0.25, 0.3) is 0 Å². The lowest BCUT2D eigenvalue weighted by atomic mass is 10.0. The molecule has 1 unspecified atom stereocenters. The summed E-state index contributed by atoms with van der Waals surface area (Å²) in [4.78, 5) is 7.00. The van der Waals surface area contributed by atoms with Crippen molar-refractivity contribution in [3.63, 3.8) is 0 Å². The van der Waals surface area contributed by atoms with Crippen molar-refractivity contribution in [1.29, 1.82) is 0 Å². The number of nitrogens with zero attached hydrogens (tertiary/aromatic N) is 2. The minimum absolute atomic E-state index is 0.151. The third kappa shape index (κ3) is 5.45. The van der Waals surface area contributed by atoms with Crippen molar-refractivity contribution in [3.8, 4) is 5.75 Å². The highest BCUT2D eigenvalue weighted by molar-refractivity contribution is 5.92. The van der Waals surface area contributed by atoms with E-state index in [9.17, 15) is 0 Å². The van der Waals surface area contributed by atoms with Crippen LogP contribution in [0, 0.1) is 6.92 Å². The van der Waals surface area contributed by atoms with Gasteiger partial charge in [-0.25, -0.2) is 0 Å². The van der Waals surface area contributed by atoms with E-state index in [0.29, 0.717) is 12.5 Å². The van der Waals surface area contributed by atoms with E-state index in [1.807, 2.05) is 36.4 Å². The zero-order valence-corrected chi connectivity index (χ0v) is 16.0. The molecule has 1 saturated heterocycles. The molecule has 0 radical (unpaired) electrons. The smallest absolute Gasteiger partial charge is 0.193 e. The fourth-order valence-corrected chi connectivity index (χ4v) is 3.16. The second-order valence-electron chi connectivity index (χ2n) is 6.65. The first-order chi connectivity index (χ1) is 13.2. The van der Waals surface area contributed by atoms with Gasteiger partial charge < -0.3 is 20.5 Å². The summed E-state index contributed by atoms with van der Waals surface area (Å²) in [6.07, 6.45) is 0. The number of morpholine rings is 1. The first kappa shape index (κ1) is 19.2. The molecular weight excluding hydrogens is 340 g/mol. The molecule has 0 aromatic heterocycles. The van der Waals surface area contributed by atoms with Gasteiger partial charge in [0.15, 0.2) is 5.96 Å². The number of hydrogen-bond donors (Lipinski definition) is 2. The molecule has 6 heteroatoms. The molecule has 1 fully saturated rings. The summed E-state index contributed by atoms with van der Waals surface area (Å²) >= 11 is 0. The molecule has 1 aliphatic heterocycles. The highest BCUT2D eigenvalue weighted by Gasteiger charge is 2.22. The number of aryl methyl sites for hydroxylation is 1. The van der Waals surface area contributed by atoms with Crippen LogP contribution in [0.1, 0.15) is 17.2 Å². The Balaban J connectivity index is 1.72. The summed E-state index contributed by atoms with van der Waals surface area (Å²) in [5, 5.41) is 3.16. The molecule has 144 valence electrons. The molecule has 6 nitrogen and oxygen atoms in total. The normalized spacial score (nSPS) is 16.7. The number of anilines is 1. The Morgan fingerprint density at radius 1 is 1.15 bits per heavy atom. The Bertz CT molecular complexity index is 738. The molecule has 0 amide bonds. The highest BCUT2D eigenvalue weighted by atomic mass is 16.5. The monoisotopic (exact) mass is 368 g/mol. The van der Waals surface area contributed by atoms with Crippen molar-refractivity contribution in [2.24, 2.45) is 10.7 Å². The number of rotatable bonds is 6. The molecule has 0 spiro atoms. The van der Waals surface area contributed by atoms with Gasteiger partial charge >= 0.3 is 0 Å². The second kappa shape index (κ2) is 9.39. The number of methoxy groups -OCH3 is 1. The lowest BCUT2D eigenvalue weighted by Gasteiger charge is -2.34. The van der Waals surface area contributed by atoms with Crippen molar-refractivity contribution in [1.82, 2.24) is 4.90 Å². The molecule has 0 saturated carbocycles. The largest absolute Gasteiger partial charge is 0.497 e. The number of nitrogens with two attached hydrogens (primary N) is 1. The first-order valence-corrected chi connectivity index (χ1v) is 9.25. The van der Waals surface area contributed by atoms with Crippen LogP contribution in [-0.4, -0.2) is 50.8 Å². The zero-order chi connectivity index (χ0) is 19.1. The third-order valence-electron chi connectivity index (χ3n) is 4.75. The van der Waals surface area contributed by atoms with Crippen LogP contribution in [0.25, 0.3) is 0 Å². The van der Waals surface area contributed by atoms with Gasteiger partial charge in [0, 0.05) is 18.8 Å². The van der Waals surface area contributed by atoms with E-state index in [0.717, 1.165) is 37.7 Å². The highest BCUT2D eigenvalue weighted by Crippen LogP contribution is 2.24. The van der Waals surface area contributed by atoms with Crippen LogP contribution in [0.15, 0.2) is 53.5 Å². The maximum absolute atomic E-state index is 6.12.